The second-order valence-corrected chi connectivity index (χ2v) is 10.8. The zero-order valence-corrected chi connectivity index (χ0v) is 16.3. The Morgan fingerprint density at radius 3 is 2.62 bits per heavy atom. The van der Waals surface area contributed by atoms with Crippen LogP contribution in [-0.4, -0.2) is 55.4 Å². The molecule has 2 N–H and O–H groups in total. The molecule has 0 saturated carbocycles. The van der Waals surface area contributed by atoms with Crippen molar-refractivity contribution in [3.05, 3.63) is 54.1 Å². The van der Waals surface area contributed by atoms with E-state index in [-0.39, 0.29) is 10.6 Å². The van der Waals surface area contributed by atoms with Gasteiger partial charge in [0.05, 0.1) is 15.5 Å². The van der Waals surface area contributed by atoms with Gasteiger partial charge in [-0.15, -0.1) is 0 Å². The van der Waals surface area contributed by atoms with Crippen molar-refractivity contribution < 1.29 is 22.3 Å². The minimum atomic E-state index is -3.78. The van der Waals surface area contributed by atoms with Crippen molar-refractivity contribution in [2.24, 2.45) is 0 Å². The van der Waals surface area contributed by atoms with E-state index in [4.69, 9.17) is 4.74 Å². The molecule has 0 aliphatic carbocycles. The maximum Gasteiger partial charge on any atom is 0.187 e. The number of rotatable bonds is 6. The molecule has 6 nitrogen and oxygen atoms in total. The van der Waals surface area contributed by atoms with E-state index in [0.29, 0.717) is 29.4 Å². The molecule has 2 aromatic rings. The van der Waals surface area contributed by atoms with Gasteiger partial charge in [-0.2, -0.15) is 10.6 Å². The van der Waals surface area contributed by atoms with Crippen LogP contribution < -0.4 is 4.74 Å². The van der Waals surface area contributed by atoms with Gasteiger partial charge < -0.3 is 9.64 Å². The van der Waals surface area contributed by atoms with Gasteiger partial charge in [0.1, 0.15) is 17.6 Å². The second-order valence-electron chi connectivity index (χ2n) is 6.53. The van der Waals surface area contributed by atoms with E-state index >= 15 is 0 Å². The molecule has 0 saturated heterocycles. The van der Waals surface area contributed by atoms with Crippen LogP contribution in [-0.2, 0) is 9.84 Å². The molecule has 142 valence electrons. The van der Waals surface area contributed by atoms with Gasteiger partial charge in [0.25, 0.3) is 0 Å². The van der Waals surface area contributed by atoms with Crippen molar-refractivity contribution in [2.45, 2.75) is 15.0 Å². The van der Waals surface area contributed by atoms with E-state index in [9.17, 15) is 17.5 Å². The first-order valence-corrected chi connectivity index (χ1v) is 11.4. The molecule has 2 aromatic carbocycles. The maximum absolute atomic E-state index is 13.1. The summed E-state index contributed by atoms with van der Waals surface area (Å²) in [5.41, 5.74) is 0.464. The van der Waals surface area contributed by atoms with Gasteiger partial charge in [0, 0.05) is 6.54 Å². The Bertz CT molecular complexity index is 896. The number of hydrogen-bond donors (Lipinski definition) is 2. The maximum atomic E-state index is 13.1. The zero-order chi connectivity index (χ0) is 18.9. The monoisotopic (exact) mass is 397 g/mol. The number of hydrogen-bond acceptors (Lipinski definition) is 6. The SMILES string of the molecule is CN(C)CCOc1cccc(S(=O)(=O)C2CS(O)(O)c3ccccc32)c1. The molecule has 0 bridgehead atoms. The van der Waals surface area contributed by atoms with Crippen LogP contribution in [0.1, 0.15) is 10.8 Å². The summed E-state index contributed by atoms with van der Waals surface area (Å²) in [4.78, 5) is 2.42. The number of ether oxygens (including phenoxy) is 1. The van der Waals surface area contributed by atoms with Crippen molar-refractivity contribution in [2.75, 3.05) is 33.0 Å². The molecular formula is C18H23NO5S2. The molecule has 1 aliphatic rings. The minimum Gasteiger partial charge on any atom is -0.492 e. The molecule has 0 aromatic heterocycles. The second kappa shape index (κ2) is 7.21. The lowest BCUT2D eigenvalue weighted by Crippen LogP contribution is -2.19. The minimum absolute atomic E-state index is 0.122. The molecule has 1 heterocycles. The van der Waals surface area contributed by atoms with Crippen LogP contribution in [0.3, 0.4) is 0 Å². The highest BCUT2D eigenvalue weighted by molar-refractivity contribution is 8.25. The Hall–Kier alpha value is -1.58. The summed E-state index contributed by atoms with van der Waals surface area (Å²) in [6.07, 6.45) is 0. The highest BCUT2D eigenvalue weighted by atomic mass is 32.3. The number of benzene rings is 2. The number of nitrogens with zero attached hydrogens (tertiary/aromatic N) is 1. The zero-order valence-electron chi connectivity index (χ0n) is 14.7. The van der Waals surface area contributed by atoms with E-state index in [0.717, 1.165) is 0 Å². The van der Waals surface area contributed by atoms with Gasteiger partial charge in [0.2, 0.25) is 0 Å². The van der Waals surface area contributed by atoms with Gasteiger partial charge >= 0.3 is 0 Å². The van der Waals surface area contributed by atoms with Crippen LogP contribution in [0.4, 0.5) is 0 Å². The largest absolute Gasteiger partial charge is 0.492 e. The van der Waals surface area contributed by atoms with E-state index in [1.165, 1.54) is 12.1 Å². The summed E-state index contributed by atoms with van der Waals surface area (Å²) in [5, 5.41) is -0.972. The molecule has 8 heteroatoms. The first-order valence-electron chi connectivity index (χ1n) is 8.18. The molecule has 0 fully saturated rings. The van der Waals surface area contributed by atoms with E-state index in [2.05, 4.69) is 0 Å². The van der Waals surface area contributed by atoms with Crippen LogP contribution in [0.2, 0.25) is 0 Å². The Labute approximate surface area is 155 Å². The van der Waals surface area contributed by atoms with Gasteiger partial charge in [0.15, 0.2) is 9.84 Å². The van der Waals surface area contributed by atoms with E-state index in [1.54, 1.807) is 36.4 Å². The summed E-state index contributed by atoms with van der Waals surface area (Å²) in [7, 11) is -3.01. The summed E-state index contributed by atoms with van der Waals surface area (Å²) in [6, 6.07) is 13.0. The van der Waals surface area contributed by atoms with E-state index in [1.807, 2.05) is 19.0 Å². The molecule has 1 unspecified atom stereocenters. The standard InChI is InChI=1S/C18H23NO5S2/c1-19(2)10-11-24-14-6-5-7-15(12-14)26(22,23)18-13-25(20,21)17-9-4-3-8-16(17)18/h3-9,12,18,20-21H,10-11,13H2,1-2H3. The predicted molar refractivity (Wildman–Crippen MR) is 103 cm³/mol. The van der Waals surface area contributed by atoms with Gasteiger partial charge in [-0.3, -0.25) is 9.11 Å². The molecule has 26 heavy (non-hydrogen) atoms. The summed E-state index contributed by atoms with van der Waals surface area (Å²) in [5.74, 6) is 0.270. The summed E-state index contributed by atoms with van der Waals surface area (Å²) >= 11 is 0. The summed E-state index contributed by atoms with van der Waals surface area (Å²) in [6.45, 7) is 1.16. The fourth-order valence-electron chi connectivity index (χ4n) is 2.94. The van der Waals surface area contributed by atoms with Gasteiger partial charge in [-0.1, -0.05) is 24.3 Å². The number of likely N-dealkylation sites (N-methyl/N-ethyl adjacent to an activating group) is 1. The molecule has 0 radical (unpaired) electrons. The quantitative estimate of drug-likeness (QED) is 0.778. The Kier molecular flexibility index (Phi) is 5.32. The molecule has 1 atom stereocenters. The van der Waals surface area contributed by atoms with Crippen molar-refractivity contribution in [1.29, 1.82) is 0 Å². The van der Waals surface area contributed by atoms with Crippen molar-refractivity contribution in [3.63, 3.8) is 0 Å². The summed E-state index contributed by atoms with van der Waals surface area (Å²) < 4.78 is 52.5. The molecular weight excluding hydrogens is 374 g/mol. The fraction of sp³-hybridized carbons (Fsp3) is 0.333. The number of sulfone groups is 1. The van der Waals surface area contributed by atoms with Crippen LogP contribution in [0, 0.1) is 0 Å². The highest BCUT2D eigenvalue weighted by Gasteiger charge is 2.42. The molecule has 0 amide bonds. The predicted octanol–water partition coefficient (Wildman–Crippen LogP) is 3.27. The van der Waals surface area contributed by atoms with Crippen LogP contribution in [0.5, 0.6) is 5.75 Å². The lowest BCUT2D eigenvalue weighted by molar-refractivity contribution is 0.261. The van der Waals surface area contributed by atoms with Gasteiger partial charge in [-0.25, -0.2) is 8.42 Å². The Balaban J connectivity index is 1.90. The van der Waals surface area contributed by atoms with Crippen molar-refractivity contribution in [3.8, 4) is 5.75 Å². The van der Waals surface area contributed by atoms with E-state index < -0.39 is 25.7 Å². The lowest BCUT2D eigenvalue weighted by Gasteiger charge is -2.27. The van der Waals surface area contributed by atoms with Crippen LogP contribution in [0.15, 0.2) is 58.3 Å². The normalized spacial score (nSPS) is 20.0. The average Bonchev–Trinajstić information content (AvgIpc) is 2.87. The van der Waals surface area contributed by atoms with Crippen LogP contribution in [0.25, 0.3) is 0 Å². The third kappa shape index (κ3) is 3.74. The lowest BCUT2D eigenvalue weighted by atomic mass is 10.2. The van der Waals surface area contributed by atoms with Crippen LogP contribution >= 0.6 is 10.6 Å². The first kappa shape index (κ1) is 19.2. The fourth-order valence-corrected chi connectivity index (χ4v) is 7.39. The average molecular weight is 398 g/mol. The highest BCUT2D eigenvalue weighted by Crippen LogP contribution is 2.61. The third-order valence-corrected chi connectivity index (χ3v) is 8.48. The topological polar surface area (TPSA) is 87.1 Å². The van der Waals surface area contributed by atoms with Gasteiger partial charge in [-0.05, 0) is 43.9 Å². The molecule has 3 rings (SSSR count). The Morgan fingerprint density at radius 1 is 1.15 bits per heavy atom. The van der Waals surface area contributed by atoms with Crippen molar-refractivity contribution >= 4 is 20.4 Å². The molecule has 1 aliphatic heterocycles. The smallest absolute Gasteiger partial charge is 0.187 e. The first-order chi connectivity index (χ1) is 12.2. The Morgan fingerprint density at radius 2 is 1.88 bits per heavy atom. The third-order valence-electron chi connectivity index (χ3n) is 4.32. The molecule has 0 spiro atoms. The number of fused-ring (bicyclic) bond motifs is 1. The van der Waals surface area contributed by atoms with Crippen molar-refractivity contribution in [1.82, 2.24) is 4.90 Å².